The molecular formula is C19H32N4OS. The number of carbonyl (C=O) groups excluding carboxylic acids is 1. The maximum Gasteiger partial charge on any atom is 0.221 e. The minimum absolute atomic E-state index is 0.0899. The molecule has 1 aliphatic carbocycles. The van der Waals surface area contributed by atoms with E-state index in [1.54, 1.807) is 7.05 Å². The lowest BCUT2D eigenvalue weighted by molar-refractivity contribution is -0.120. The van der Waals surface area contributed by atoms with Gasteiger partial charge in [-0.05, 0) is 30.7 Å². The second-order valence-corrected chi connectivity index (χ2v) is 7.72. The van der Waals surface area contributed by atoms with Gasteiger partial charge in [-0.15, -0.1) is 11.3 Å². The van der Waals surface area contributed by atoms with Crippen LogP contribution in [0.3, 0.4) is 0 Å². The normalized spacial score (nSPS) is 17.1. The zero-order valence-corrected chi connectivity index (χ0v) is 16.4. The van der Waals surface area contributed by atoms with Crippen LogP contribution in [-0.2, 0) is 10.2 Å². The highest BCUT2D eigenvalue weighted by molar-refractivity contribution is 7.10. The lowest BCUT2D eigenvalue weighted by Crippen LogP contribution is -2.46. The average Bonchev–Trinajstić information content (AvgIpc) is 3.19. The molecule has 2 rings (SSSR count). The first kappa shape index (κ1) is 19.8. The van der Waals surface area contributed by atoms with Crippen LogP contribution in [0.5, 0.6) is 0 Å². The van der Waals surface area contributed by atoms with Crippen LogP contribution in [0.4, 0.5) is 0 Å². The summed E-state index contributed by atoms with van der Waals surface area (Å²) in [4.78, 5) is 17.5. The summed E-state index contributed by atoms with van der Waals surface area (Å²) in [5.41, 5.74) is 0.225. The largest absolute Gasteiger partial charge is 0.356 e. The van der Waals surface area contributed by atoms with Crippen molar-refractivity contribution in [1.82, 2.24) is 16.0 Å². The van der Waals surface area contributed by atoms with Crippen LogP contribution in [0.15, 0.2) is 22.5 Å². The van der Waals surface area contributed by atoms with Crippen molar-refractivity contribution in [3.8, 4) is 0 Å². The Morgan fingerprint density at radius 3 is 2.64 bits per heavy atom. The first-order chi connectivity index (χ1) is 12.2. The van der Waals surface area contributed by atoms with Crippen LogP contribution in [0.2, 0.25) is 0 Å². The summed E-state index contributed by atoms with van der Waals surface area (Å²) in [5.74, 6) is 0.872. The predicted molar refractivity (Wildman–Crippen MR) is 106 cm³/mol. The molecule has 0 bridgehead atoms. The number of hydrogen-bond acceptors (Lipinski definition) is 3. The summed E-state index contributed by atoms with van der Waals surface area (Å²) < 4.78 is 0. The minimum atomic E-state index is 0.0899. The van der Waals surface area contributed by atoms with Crippen molar-refractivity contribution in [3.05, 3.63) is 22.4 Å². The minimum Gasteiger partial charge on any atom is -0.356 e. The van der Waals surface area contributed by atoms with Crippen molar-refractivity contribution >= 4 is 23.2 Å². The molecule has 140 valence electrons. The molecule has 1 aromatic heterocycles. The highest BCUT2D eigenvalue weighted by atomic mass is 32.1. The molecule has 0 unspecified atom stereocenters. The standard InChI is InChI=1S/C19H32N4OS/c1-3-12-21-17(24)9-13-22-18(20-2)23-15-19(10-5-4-6-11-19)16-8-7-14-25-16/h7-8,14H,3-6,9-13,15H2,1-2H3,(H,21,24)(H2,20,22,23). The molecule has 0 atom stereocenters. The fraction of sp³-hybridized carbons (Fsp3) is 0.684. The van der Waals surface area contributed by atoms with Gasteiger partial charge in [0.1, 0.15) is 0 Å². The number of thiophene rings is 1. The van der Waals surface area contributed by atoms with Gasteiger partial charge >= 0.3 is 0 Å². The molecule has 5 nitrogen and oxygen atoms in total. The Labute approximate surface area is 155 Å². The van der Waals surface area contributed by atoms with Gasteiger partial charge in [0.05, 0.1) is 0 Å². The fourth-order valence-corrected chi connectivity index (χ4v) is 4.43. The molecule has 0 spiro atoms. The van der Waals surface area contributed by atoms with Crippen molar-refractivity contribution in [1.29, 1.82) is 0 Å². The number of guanidine groups is 1. The Bertz CT molecular complexity index is 536. The Morgan fingerprint density at radius 1 is 1.20 bits per heavy atom. The lowest BCUT2D eigenvalue weighted by Gasteiger charge is -2.37. The number of hydrogen-bond donors (Lipinski definition) is 3. The van der Waals surface area contributed by atoms with Crippen LogP contribution in [0.25, 0.3) is 0 Å². The summed E-state index contributed by atoms with van der Waals surface area (Å²) in [5, 5.41) is 11.8. The summed E-state index contributed by atoms with van der Waals surface area (Å²) in [6.07, 6.45) is 7.83. The Kier molecular flexibility index (Phi) is 8.25. The third-order valence-electron chi connectivity index (χ3n) is 4.89. The molecule has 0 aromatic carbocycles. The monoisotopic (exact) mass is 364 g/mol. The molecule has 1 heterocycles. The predicted octanol–water partition coefficient (Wildman–Crippen LogP) is 3.03. The molecule has 1 saturated carbocycles. The smallest absolute Gasteiger partial charge is 0.221 e. The Morgan fingerprint density at radius 2 is 2.00 bits per heavy atom. The van der Waals surface area contributed by atoms with Crippen LogP contribution in [0.1, 0.15) is 56.7 Å². The summed E-state index contributed by atoms with van der Waals surface area (Å²) in [7, 11) is 1.78. The highest BCUT2D eigenvalue weighted by Gasteiger charge is 2.34. The summed E-state index contributed by atoms with van der Waals surface area (Å²) >= 11 is 1.86. The third kappa shape index (κ3) is 6.03. The zero-order chi connectivity index (χ0) is 18.0. The second-order valence-electron chi connectivity index (χ2n) is 6.77. The van der Waals surface area contributed by atoms with Crippen LogP contribution >= 0.6 is 11.3 Å². The molecule has 25 heavy (non-hydrogen) atoms. The number of aliphatic imine (C=N–C) groups is 1. The molecule has 6 heteroatoms. The Balaban J connectivity index is 1.83. The first-order valence-electron chi connectivity index (χ1n) is 9.45. The summed E-state index contributed by atoms with van der Waals surface area (Å²) in [6, 6.07) is 4.42. The molecule has 1 amide bonds. The van der Waals surface area contributed by atoms with Crippen LogP contribution in [0, 0.1) is 0 Å². The van der Waals surface area contributed by atoms with E-state index < -0.39 is 0 Å². The molecule has 0 saturated heterocycles. The number of rotatable bonds is 8. The topological polar surface area (TPSA) is 65.5 Å². The van der Waals surface area contributed by atoms with E-state index in [1.807, 2.05) is 11.3 Å². The molecule has 1 aromatic rings. The SMILES string of the molecule is CCCNC(=O)CCNC(=NC)NCC1(c2cccs2)CCCCC1. The van der Waals surface area contributed by atoms with Gasteiger partial charge in [0.25, 0.3) is 0 Å². The van der Waals surface area contributed by atoms with Crippen molar-refractivity contribution in [2.75, 3.05) is 26.7 Å². The van der Waals surface area contributed by atoms with E-state index in [0.29, 0.717) is 13.0 Å². The molecule has 1 fully saturated rings. The van der Waals surface area contributed by atoms with Crippen molar-refractivity contribution in [2.24, 2.45) is 4.99 Å². The third-order valence-corrected chi connectivity index (χ3v) is 6.01. The van der Waals surface area contributed by atoms with E-state index in [9.17, 15) is 4.79 Å². The van der Waals surface area contributed by atoms with Gasteiger partial charge in [-0.2, -0.15) is 0 Å². The quantitative estimate of drug-likeness (QED) is 0.491. The van der Waals surface area contributed by atoms with Gasteiger partial charge in [-0.1, -0.05) is 32.3 Å². The van der Waals surface area contributed by atoms with Gasteiger partial charge in [-0.3, -0.25) is 9.79 Å². The van der Waals surface area contributed by atoms with E-state index in [4.69, 9.17) is 0 Å². The van der Waals surface area contributed by atoms with Crippen LogP contribution < -0.4 is 16.0 Å². The number of nitrogens with zero attached hydrogens (tertiary/aromatic N) is 1. The highest BCUT2D eigenvalue weighted by Crippen LogP contribution is 2.41. The maximum absolute atomic E-state index is 11.7. The first-order valence-corrected chi connectivity index (χ1v) is 10.3. The molecule has 0 aliphatic heterocycles. The lowest BCUT2D eigenvalue weighted by atomic mass is 9.73. The van der Waals surface area contributed by atoms with E-state index in [0.717, 1.165) is 25.5 Å². The fourth-order valence-electron chi connectivity index (χ4n) is 3.44. The molecule has 0 radical (unpaired) electrons. The van der Waals surface area contributed by atoms with Gasteiger partial charge < -0.3 is 16.0 Å². The van der Waals surface area contributed by atoms with E-state index >= 15 is 0 Å². The van der Waals surface area contributed by atoms with Crippen molar-refractivity contribution < 1.29 is 4.79 Å². The van der Waals surface area contributed by atoms with Crippen molar-refractivity contribution in [3.63, 3.8) is 0 Å². The van der Waals surface area contributed by atoms with E-state index in [1.165, 1.54) is 37.0 Å². The van der Waals surface area contributed by atoms with E-state index in [2.05, 4.69) is 45.4 Å². The summed E-state index contributed by atoms with van der Waals surface area (Å²) in [6.45, 7) is 4.30. The van der Waals surface area contributed by atoms with E-state index in [-0.39, 0.29) is 11.3 Å². The average molecular weight is 365 g/mol. The molecular weight excluding hydrogens is 332 g/mol. The van der Waals surface area contributed by atoms with Crippen LogP contribution in [-0.4, -0.2) is 38.5 Å². The number of carbonyl (C=O) groups is 1. The van der Waals surface area contributed by atoms with Gasteiger partial charge in [0, 0.05) is 43.4 Å². The Hall–Kier alpha value is -1.56. The number of amides is 1. The van der Waals surface area contributed by atoms with Gasteiger partial charge in [0.2, 0.25) is 5.91 Å². The molecule has 1 aliphatic rings. The number of nitrogens with one attached hydrogen (secondary N) is 3. The molecule has 3 N–H and O–H groups in total. The zero-order valence-electron chi connectivity index (χ0n) is 15.6. The second kappa shape index (κ2) is 10.4. The van der Waals surface area contributed by atoms with Gasteiger partial charge in [-0.25, -0.2) is 0 Å². The van der Waals surface area contributed by atoms with Crippen molar-refractivity contribution in [2.45, 2.75) is 57.3 Å². The van der Waals surface area contributed by atoms with Gasteiger partial charge in [0.15, 0.2) is 5.96 Å². The maximum atomic E-state index is 11.7.